The first-order valence-corrected chi connectivity index (χ1v) is 8.65. The molecule has 3 rings (SSSR count). The van der Waals surface area contributed by atoms with Gasteiger partial charge in [0.15, 0.2) is 6.61 Å². The van der Waals surface area contributed by atoms with Crippen LogP contribution in [-0.2, 0) is 14.3 Å². The summed E-state index contributed by atoms with van der Waals surface area (Å²) < 4.78 is 18.4. The van der Waals surface area contributed by atoms with Crippen molar-refractivity contribution in [1.29, 1.82) is 0 Å². The molecule has 0 bridgehead atoms. The van der Waals surface area contributed by atoms with Crippen LogP contribution in [0.4, 0.5) is 15.8 Å². The molecule has 26 heavy (non-hydrogen) atoms. The highest BCUT2D eigenvalue weighted by Gasteiger charge is 2.24. The highest BCUT2D eigenvalue weighted by atomic mass is 32.2. The fourth-order valence-corrected chi connectivity index (χ4v) is 3.23. The minimum Gasteiger partial charge on any atom is -0.452 e. The largest absolute Gasteiger partial charge is 0.452 e. The molecule has 1 unspecified atom stereocenters. The highest BCUT2D eigenvalue weighted by Crippen LogP contribution is 2.36. The number of nitrogens with one attached hydrogen (secondary N) is 2. The summed E-state index contributed by atoms with van der Waals surface area (Å²) in [4.78, 5) is 36.5. The van der Waals surface area contributed by atoms with Crippen LogP contribution < -0.4 is 10.6 Å². The molecule has 0 fully saturated rings. The number of fused-ring (bicyclic) bond motifs is 1. The summed E-state index contributed by atoms with van der Waals surface area (Å²) in [5.41, 5.74) is 0.748. The minimum atomic E-state index is -0.714. The van der Waals surface area contributed by atoms with Crippen LogP contribution in [0.2, 0.25) is 0 Å². The molecular weight excluding hydrogens is 359 g/mol. The zero-order valence-electron chi connectivity index (χ0n) is 13.7. The van der Waals surface area contributed by atoms with Crippen molar-refractivity contribution in [1.82, 2.24) is 0 Å². The smallest absolute Gasteiger partial charge is 0.338 e. The molecule has 1 atom stereocenters. The molecule has 2 aromatic carbocycles. The number of ether oxygens (including phenoxy) is 1. The molecule has 0 saturated carbocycles. The molecule has 0 spiro atoms. The summed E-state index contributed by atoms with van der Waals surface area (Å²) in [6, 6.07) is 10.5. The number of carbonyl (C=O) groups is 3. The van der Waals surface area contributed by atoms with E-state index in [1.807, 2.05) is 0 Å². The van der Waals surface area contributed by atoms with E-state index >= 15 is 0 Å². The van der Waals surface area contributed by atoms with Crippen molar-refractivity contribution < 1.29 is 23.5 Å². The summed E-state index contributed by atoms with van der Waals surface area (Å²) in [6.45, 7) is 1.24. The number of halogens is 1. The number of esters is 1. The summed E-state index contributed by atoms with van der Waals surface area (Å²) in [5, 5.41) is 4.84. The SMILES string of the molecule is CC1Sc2ccc(C(=O)OCC(=O)Nc3ccccc3F)cc2NC1=O. The molecule has 8 heteroatoms. The Labute approximate surface area is 153 Å². The van der Waals surface area contributed by atoms with Gasteiger partial charge in [0.05, 0.1) is 22.2 Å². The van der Waals surface area contributed by atoms with E-state index in [1.54, 1.807) is 25.1 Å². The van der Waals surface area contributed by atoms with Crippen LogP contribution >= 0.6 is 11.8 Å². The predicted octanol–water partition coefficient (Wildman–Crippen LogP) is 3.05. The van der Waals surface area contributed by atoms with Gasteiger partial charge in [-0.2, -0.15) is 0 Å². The lowest BCUT2D eigenvalue weighted by Crippen LogP contribution is -2.26. The van der Waals surface area contributed by atoms with Gasteiger partial charge in [-0.15, -0.1) is 11.8 Å². The van der Waals surface area contributed by atoms with Gasteiger partial charge in [-0.3, -0.25) is 9.59 Å². The third-order valence-electron chi connectivity index (χ3n) is 3.63. The summed E-state index contributed by atoms with van der Waals surface area (Å²) in [6.07, 6.45) is 0. The van der Waals surface area contributed by atoms with Crippen molar-refractivity contribution in [3.63, 3.8) is 0 Å². The fraction of sp³-hybridized carbons (Fsp3) is 0.167. The number of rotatable bonds is 4. The Morgan fingerprint density at radius 1 is 1.27 bits per heavy atom. The standard InChI is InChI=1S/C18H15FN2O4S/c1-10-17(23)21-14-8-11(6-7-15(14)26-10)18(24)25-9-16(22)20-13-5-3-2-4-12(13)19/h2-8,10H,9H2,1H3,(H,20,22)(H,21,23). The minimum absolute atomic E-state index is 0.0104. The first kappa shape index (κ1) is 17.9. The van der Waals surface area contributed by atoms with E-state index in [-0.39, 0.29) is 22.4 Å². The van der Waals surface area contributed by atoms with Crippen molar-refractivity contribution in [3.05, 3.63) is 53.8 Å². The number of amides is 2. The molecule has 2 amide bonds. The van der Waals surface area contributed by atoms with Crippen LogP contribution in [0.5, 0.6) is 0 Å². The average molecular weight is 374 g/mol. The van der Waals surface area contributed by atoms with Gasteiger partial charge in [-0.05, 0) is 37.3 Å². The zero-order valence-corrected chi connectivity index (χ0v) is 14.6. The van der Waals surface area contributed by atoms with Crippen LogP contribution in [0.15, 0.2) is 47.4 Å². The molecule has 134 valence electrons. The summed E-state index contributed by atoms with van der Waals surface area (Å²) in [7, 11) is 0. The molecule has 2 N–H and O–H groups in total. The normalized spacial score (nSPS) is 15.6. The summed E-state index contributed by atoms with van der Waals surface area (Å²) in [5.74, 6) is -2.09. The van der Waals surface area contributed by atoms with E-state index in [2.05, 4.69) is 10.6 Å². The monoisotopic (exact) mass is 374 g/mol. The fourth-order valence-electron chi connectivity index (χ4n) is 2.30. The van der Waals surface area contributed by atoms with E-state index in [0.717, 1.165) is 4.90 Å². The van der Waals surface area contributed by atoms with Gasteiger partial charge >= 0.3 is 5.97 Å². The quantitative estimate of drug-likeness (QED) is 0.804. The van der Waals surface area contributed by atoms with Crippen molar-refractivity contribution in [3.8, 4) is 0 Å². The Balaban J connectivity index is 1.60. The molecule has 2 aromatic rings. The lowest BCUT2D eigenvalue weighted by Gasteiger charge is -2.21. The number of anilines is 2. The molecule has 1 heterocycles. The van der Waals surface area contributed by atoms with Crippen LogP contribution in [0.1, 0.15) is 17.3 Å². The molecule has 0 aromatic heterocycles. The predicted molar refractivity (Wildman–Crippen MR) is 95.7 cm³/mol. The Kier molecular flexibility index (Phi) is 5.22. The highest BCUT2D eigenvalue weighted by molar-refractivity contribution is 8.00. The van der Waals surface area contributed by atoms with Crippen LogP contribution in [0.3, 0.4) is 0 Å². The first-order chi connectivity index (χ1) is 12.4. The maximum absolute atomic E-state index is 13.5. The summed E-state index contributed by atoms with van der Waals surface area (Å²) >= 11 is 1.40. The molecule has 0 saturated heterocycles. The Morgan fingerprint density at radius 3 is 2.81 bits per heavy atom. The maximum Gasteiger partial charge on any atom is 0.338 e. The van der Waals surface area contributed by atoms with Crippen molar-refractivity contribution >= 4 is 40.9 Å². The molecule has 0 aliphatic carbocycles. The van der Waals surface area contributed by atoms with Gasteiger partial charge < -0.3 is 15.4 Å². The average Bonchev–Trinajstić information content (AvgIpc) is 2.62. The molecule has 1 aliphatic rings. The molecule has 0 radical (unpaired) electrons. The molecule has 1 aliphatic heterocycles. The lowest BCUT2D eigenvalue weighted by molar-refractivity contribution is -0.119. The van der Waals surface area contributed by atoms with Gasteiger partial charge in [0.25, 0.3) is 5.91 Å². The Bertz CT molecular complexity index is 887. The van der Waals surface area contributed by atoms with Gasteiger partial charge in [0.2, 0.25) is 5.91 Å². The number of para-hydroxylation sites is 1. The second-order valence-corrected chi connectivity index (χ2v) is 6.95. The second kappa shape index (κ2) is 7.57. The van der Waals surface area contributed by atoms with Crippen LogP contribution in [0.25, 0.3) is 0 Å². The van der Waals surface area contributed by atoms with Gasteiger partial charge in [-0.25, -0.2) is 9.18 Å². The number of hydrogen-bond donors (Lipinski definition) is 2. The van der Waals surface area contributed by atoms with Crippen LogP contribution in [-0.4, -0.2) is 29.6 Å². The van der Waals surface area contributed by atoms with E-state index in [1.165, 1.54) is 36.0 Å². The van der Waals surface area contributed by atoms with Gasteiger partial charge in [0, 0.05) is 4.90 Å². The molecule has 6 nitrogen and oxygen atoms in total. The van der Waals surface area contributed by atoms with Crippen molar-refractivity contribution in [2.45, 2.75) is 17.1 Å². The number of carbonyl (C=O) groups excluding carboxylic acids is 3. The van der Waals surface area contributed by atoms with Crippen molar-refractivity contribution in [2.24, 2.45) is 0 Å². The van der Waals surface area contributed by atoms with Gasteiger partial charge in [-0.1, -0.05) is 12.1 Å². The van der Waals surface area contributed by atoms with E-state index in [4.69, 9.17) is 4.74 Å². The number of hydrogen-bond acceptors (Lipinski definition) is 5. The topological polar surface area (TPSA) is 84.5 Å². The van der Waals surface area contributed by atoms with Crippen LogP contribution in [0, 0.1) is 5.82 Å². The molecular formula is C18H15FN2O4S. The first-order valence-electron chi connectivity index (χ1n) is 7.77. The van der Waals surface area contributed by atoms with E-state index < -0.39 is 24.3 Å². The Morgan fingerprint density at radius 2 is 2.04 bits per heavy atom. The third-order valence-corrected chi connectivity index (χ3v) is 4.81. The van der Waals surface area contributed by atoms with Gasteiger partial charge in [0.1, 0.15) is 5.82 Å². The van der Waals surface area contributed by atoms with E-state index in [9.17, 15) is 18.8 Å². The lowest BCUT2D eigenvalue weighted by atomic mass is 10.2. The Hall–Kier alpha value is -2.87. The zero-order chi connectivity index (χ0) is 18.7. The van der Waals surface area contributed by atoms with E-state index in [0.29, 0.717) is 5.69 Å². The number of benzene rings is 2. The number of thioether (sulfide) groups is 1. The second-order valence-electron chi connectivity index (χ2n) is 5.56. The third kappa shape index (κ3) is 4.02. The maximum atomic E-state index is 13.5. The van der Waals surface area contributed by atoms with Crippen molar-refractivity contribution in [2.75, 3.05) is 17.2 Å².